The Morgan fingerprint density at radius 3 is 2.23 bits per heavy atom. The number of nitrogens with zero attached hydrogens (tertiary/aromatic N) is 3. The molecule has 2 saturated heterocycles. The van der Waals surface area contributed by atoms with Crippen molar-refractivity contribution in [3.8, 4) is 6.07 Å². The van der Waals surface area contributed by atoms with Crippen LogP contribution in [0, 0.1) is 22.7 Å². The lowest BCUT2D eigenvalue weighted by Crippen LogP contribution is -2.59. The number of rotatable bonds is 11. The van der Waals surface area contributed by atoms with E-state index < -0.39 is 53.4 Å². The van der Waals surface area contributed by atoms with Crippen LogP contribution in [-0.2, 0) is 19.2 Å². The number of hydrogen-bond donors (Lipinski definition) is 3. The second kappa shape index (κ2) is 13.5. The Morgan fingerprint density at radius 2 is 1.77 bits per heavy atom. The zero-order valence-electron chi connectivity index (χ0n) is 23.4. The average Bonchev–Trinajstić information content (AvgIpc) is 3.46. The van der Waals surface area contributed by atoms with Crippen LogP contribution in [0.2, 0.25) is 0 Å². The number of amides is 4. The summed E-state index contributed by atoms with van der Waals surface area (Å²) >= 11 is 0. The van der Waals surface area contributed by atoms with Gasteiger partial charge in [-0.25, -0.2) is 0 Å². The third-order valence-corrected chi connectivity index (χ3v) is 7.20. The summed E-state index contributed by atoms with van der Waals surface area (Å²) in [4.78, 5) is 54.4. The Kier molecular flexibility index (Phi) is 11.2. The van der Waals surface area contributed by atoms with E-state index >= 15 is 0 Å². The molecule has 10 nitrogen and oxygen atoms in total. The first kappa shape index (κ1) is 32.3. The Hall–Kier alpha value is -2.88. The minimum absolute atomic E-state index is 0.0909. The molecular weight excluding hydrogens is 517 g/mol. The van der Waals surface area contributed by atoms with Gasteiger partial charge in [0.15, 0.2) is 0 Å². The number of likely N-dealkylation sites (tertiary alicyclic amines) is 1. The Bertz CT molecular complexity index is 939. The van der Waals surface area contributed by atoms with Gasteiger partial charge in [-0.1, -0.05) is 34.6 Å². The van der Waals surface area contributed by atoms with Gasteiger partial charge in [-0.05, 0) is 50.6 Å². The van der Waals surface area contributed by atoms with Crippen molar-refractivity contribution >= 4 is 23.6 Å². The zero-order chi connectivity index (χ0) is 29.5. The summed E-state index contributed by atoms with van der Waals surface area (Å²) in [6.07, 6.45) is -2.65. The molecule has 2 aliphatic heterocycles. The fourth-order valence-electron chi connectivity index (χ4n) is 5.22. The second-order valence-corrected chi connectivity index (χ2v) is 11.4. The molecule has 0 radical (unpaired) electrons. The first-order valence-corrected chi connectivity index (χ1v) is 13.5. The molecular formula is C26H41F3N6O4. The summed E-state index contributed by atoms with van der Waals surface area (Å²) < 4.78 is 39.3. The highest BCUT2D eigenvalue weighted by atomic mass is 19.4. The highest BCUT2D eigenvalue weighted by Gasteiger charge is 2.49. The molecule has 0 spiro atoms. The molecule has 0 aliphatic carbocycles. The van der Waals surface area contributed by atoms with Crippen molar-refractivity contribution in [3.05, 3.63) is 0 Å². The molecule has 4 amide bonds. The molecule has 2 aliphatic rings. The van der Waals surface area contributed by atoms with E-state index in [4.69, 9.17) is 0 Å². The highest BCUT2D eigenvalue weighted by molar-refractivity contribution is 5.94. The van der Waals surface area contributed by atoms with Crippen LogP contribution in [0.1, 0.15) is 66.7 Å². The van der Waals surface area contributed by atoms with Crippen LogP contribution in [0.4, 0.5) is 13.2 Å². The molecule has 2 heterocycles. The van der Waals surface area contributed by atoms with Crippen molar-refractivity contribution in [2.24, 2.45) is 11.3 Å². The van der Waals surface area contributed by atoms with Gasteiger partial charge in [0.1, 0.15) is 18.1 Å². The summed E-state index contributed by atoms with van der Waals surface area (Å²) in [6, 6.07) is -1.80. The van der Waals surface area contributed by atoms with E-state index in [1.807, 2.05) is 25.2 Å². The molecule has 220 valence electrons. The molecule has 39 heavy (non-hydrogen) atoms. The van der Waals surface area contributed by atoms with Gasteiger partial charge in [0.25, 0.3) is 0 Å². The number of alkyl halides is 3. The van der Waals surface area contributed by atoms with Gasteiger partial charge < -0.3 is 20.9 Å². The molecule has 2 fully saturated rings. The van der Waals surface area contributed by atoms with Crippen molar-refractivity contribution in [1.29, 1.82) is 5.26 Å². The third kappa shape index (κ3) is 8.55. The van der Waals surface area contributed by atoms with Gasteiger partial charge in [-0.15, -0.1) is 0 Å². The molecule has 0 unspecified atom stereocenters. The standard InChI is InChI=1S/C26H41F3N6O4/c1-6-10-34(11-7-2)18-13-19(22(37)32-17(14-30)12-16-8-9-31-21(16)36)35(15-18)23(38)20(25(3,4)5)33-24(39)26(27,28)29/h16-20H,6-13,15H2,1-5H3,(H,31,36)(H,32,37)(H,33,39)/t16-,17-,18+,19-,20+/m0/s1. The summed E-state index contributed by atoms with van der Waals surface area (Å²) in [5, 5.41) is 16.8. The first-order chi connectivity index (χ1) is 18.1. The predicted octanol–water partition coefficient (Wildman–Crippen LogP) is 1.71. The Labute approximate surface area is 228 Å². The smallest absolute Gasteiger partial charge is 0.356 e. The van der Waals surface area contributed by atoms with Crippen LogP contribution in [0.25, 0.3) is 0 Å². The van der Waals surface area contributed by atoms with Crippen molar-refractivity contribution in [3.63, 3.8) is 0 Å². The van der Waals surface area contributed by atoms with E-state index in [-0.39, 0.29) is 31.3 Å². The fraction of sp³-hybridized carbons (Fsp3) is 0.808. The molecule has 2 rings (SSSR count). The number of nitrogens with one attached hydrogen (secondary N) is 3. The summed E-state index contributed by atoms with van der Waals surface area (Å²) in [5.41, 5.74) is -1.09. The molecule has 3 N–H and O–H groups in total. The maximum Gasteiger partial charge on any atom is 0.471 e. The van der Waals surface area contributed by atoms with Crippen molar-refractivity contribution in [1.82, 2.24) is 25.8 Å². The average molecular weight is 559 g/mol. The van der Waals surface area contributed by atoms with Gasteiger partial charge >= 0.3 is 12.1 Å². The lowest BCUT2D eigenvalue weighted by Gasteiger charge is -2.36. The van der Waals surface area contributed by atoms with Gasteiger partial charge in [0, 0.05) is 25.0 Å². The highest BCUT2D eigenvalue weighted by Crippen LogP contribution is 2.29. The molecule has 0 saturated carbocycles. The minimum Gasteiger partial charge on any atom is -0.356 e. The largest absolute Gasteiger partial charge is 0.471 e. The summed E-state index contributed by atoms with van der Waals surface area (Å²) in [6.45, 7) is 10.6. The molecule has 0 aromatic carbocycles. The molecule has 0 aromatic heterocycles. The zero-order valence-corrected chi connectivity index (χ0v) is 23.4. The van der Waals surface area contributed by atoms with E-state index in [1.165, 1.54) is 25.7 Å². The normalized spacial score (nSPS) is 23.2. The molecule has 0 aromatic rings. The second-order valence-electron chi connectivity index (χ2n) is 11.4. The number of nitriles is 1. The lowest BCUT2D eigenvalue weighted by atomic mass is 9.85. The minimum atomic E-state index is -5.18. The molecule has 0 bridgehead atoms. The van der Waals surface area contributed by atoms with Crippen molar-refractivity contribution in [2.75, 3.05) is 26.2 Å². The maximum absolute atomic E-state index is 13.8. The van der Waals surface area contributed by atoms with Crippen molar-refractivity contribution < 1.29 is 32.3 Å². The first-order valence-electron chi connectivity index (χ1n) is 13.5. The van der Waals surface area contributed by atoms with Gasteiger partial charge in [-0.2, -0.15) is 18.4 Å². The summed E-state index contributed by atoms with van der Waals surface area (Å²) in [5.74, 6) is -4.25. The van der Waals surface area contributed by atoms with E-state index in [9.17, 15) is 37.6 Å². The van der Waals surface area contributed by atoms with E-state index in [2.05, 4.69) is 15.5 Å². The molecule has 13 heteroatoms. The number of hydrogen-bond acceptors (Lipinski definition) is 6. The van der Waals surface area contributed by atoms with Crippen molar-refractivity contribution in [2.45, 2.75) is 97.1 Å². The van der Waals surface area contributed by atoms with Gasteiger partial charge in [0.2, 0.25) is 17.7 Å². The van der Waals surface area contributed by atoms with E-state index in [0.29, 0.717) is 26.1 Å². The quantitative estimate of drug-likeness (QED) is 0.354. The number of carbonyl (C=O) groups excluding carboxylic acids is 4. The van der Waals surface area contributed by atoms with Crippen LogP contribution in [0.15, 0.2) is 0 Å². The lowest BCUT2D eigenvalue weighted by molar-refractivity contribution is -0.176. The Balaban J connectivity index is 2.35. The van der Waals surface area contributed by atoms with Gasteiger partial charge in [0.05, 0.1) is 6.07 Å². The van der Waals surface area contributed by atoms with Crippen LogP contribution < -0.4 is 16.0 Å². The van der Waals surface area contributed by atoms with E-state index in [1.54, 1.807) is 0 Å². The third-order valence-electron chi connectivity index (χ3n) is 7.20. The Morgan fingerprint density at radius 1 is 1.15 bits per heavy atom. The number of halogens is 3. The van der Waals surface area contributed by atoms with Crippen LogP contribution in [0.5, 0.6) is 0 Å². The molecule has 5 atom stereocenters. The monoisotopic (exact) mass is 558 g/mol. The topological polar surface area (TPSA) is 135 Å². The SMILES string of the molecule is CCCN(CCC)[C@@H]1C[C@@H](C(=O)N[C@H](C#N)C[C@@H]2CCNC2=O)N(C(=O)[C@@H](NC(=O)C(F)(F)F)C(C)(C)C)C1. The van der Waals surface area contributed by atoms with Gasteiger partial charge in [-0.3, -0.25) is 24.1 Å². The predicted molar refractivity (Wildman–Crippen MR) is 137 cm³/mol. The summed E-state index contributed by atoms with van der Waals surface area (Å²) in [7, 11) is 0. The van der Waals surface area contributed by atoms with Crippen LogP contribution >= 0.6 is 0 Å². The van der Waals surface area contributed by atoms with Crippen LogP contribution in [-0.4, -0.2) is 90.0 Å². The maximum atomic E-state index is 13.8. The number of carbonyl (C=O) groups is 4. The fourth-order valence-corrected chi connectivity index (χ4v) is 5.22. The van der Waals surface area contributed by atoms with Crippen LogP contribution in [0.3, 0.4) is 0 Å². The van der Waals surface area contributed by atoms with E-state index in [0.717, 1.165) is 12.8 Å².